The van der Waals surface area contributed by atoms with E-state index in [0.717, 1.165) is 11.5 Å². The molecule has 0 aliphatic rings. The highest BCUT2D eigenvalue weighted by molar-refractivity contribution is 7.08. The predicted octanol–water partition coefficient (Wildman–Crippen LogP) is 3.61. The van der Waals surface area contributed by atoms with Crippen molar-refractivity contribution in [2.45, 2.75) is 0 Å². The largest absolute Gasteiger partial charge is 0.288 e. The van der Waals surface area contributed by atoms with E-state index in [9.17, 15) is 9.59 Å². The van der Waals surface area contributed by atoms with Crippen LogP contribution in [0.3, 0.4) is 0 Å². The molecule has 0 aliphatic carbocycles. The molecule has 0 N–H and O–H groups in total. The number of rotatable bonds is 4. The fourth-order valence-corrected chi connectivity index (χ4v) is 2.66. The minimum absolute atomic E-state index is 0.111. The number of carbonyl (C=O) groups is 2. The van der Waals surface area contributed by atoms with Crippen molar-refractivity contribution in [3.05, 3.63) is 88.4 Å². The van der Waals surface area contributed by atoms with Gasteiger partial charge in [0.15, 0.2) is 0 Å². The van der Waals surface area contributed by atoms with Crippen molar-refractivity contribution in [2.24, 2.45) is 0 Å². The van der Waals surface area contributed by atoms with Gasteiger partial charge < -0.3 is 0 Å². The first-order valence-corrected chi connectivity index (χ1v) is 7.19. The smallest absolute Gasteiger partial charge is 0.212 e. The van der Waals surface area contributed by atoms with Gasteiger partial charge in [-0.3, -0.25) is 9.59 Å². The van der Waals surface area contributed by atoms with E-state index in [0.29, 0.717) is 21.7 Å². The molecule has 102 valence electrons. The first-order valence-electron chi connectivity index (χ1n) is 6.42. The van der Waals surface area contributed by atoms with Gasteiger partial charge >= 0.3 is 0 Å². The summed E-state index contributed by atoms with van der Waals surface area (Å²) in [5.41, 5.74) is 1.48. The van der Waals surface area contributed by atoms with Crippen LogP contribution in [0, 0.1) is 0 Å². The van der Waals surface area contributed by atoms with Crippen LogP contribution in [0.25, 0.3) is 0 Å². The topological polar surface area (TPSA) is 47.0 Å². The number of hydrogen-bond donors (Lipinski definition) is 0. The molecule has 4 heteroatoms. The van der Waals surface area contributed by atoms with Gasteiger partial charge in [-0.1, -0.05) is 60.7 Å². The van der Waals surface area contributed by atoms with Gasteiger partial charge in [-0.15, -0.1) is 0 Å². The van der Waals surface area contributed by atoms with Gasteiger partial charge in [0.2, 0.25) is 11.6 Å². The number of ketones is 2. The second kappa shape index (κ2) is 5.81. The predicted molar refractivity (Wildman–Crippen MR) is 81.9 cm³/mol. The molecule has 0 amide bonds. The van der Waals surface area contributed by atoms with E-state index in [-0.39, 0.29) is 11.6 Å². The molecule has 0 bridgehead atoms. The molecule has 2 aromatic carbocycles. The van der Waals surface area contributed by atoms with Crippen LogP contribution in [-0.4, -0.2) is 15.9 Å². The van der Waals surface area contributed by atoms with Crippen LogP contribution in [0.4, 0.5) is 0 Å². The van der Waals surface area contributed by atoms with Gasteiger partial charge in [-0.25, -0.2) is 0 Å². The van der Waals surface area contributed by atoms with Gasteiger partial charge in [0.1, 0.15) is 5.69 Å². The van der Waals surface area contributed by atoms with Crippen molar-refractivity contribution in [2.75, 3.05) is 0 Å². The van der Waals surface area contributed by atoms with Gasteiger partial charge in [0.05, 0.1) is 4.88 Å². The molecule has 0 atom stereocenters. The second-order valence-corrected chi connectivity index (χ2v) is 5.27. The van der Waals surface area contributed by atoms with Gasteiger partial charge in [-0.05, 0) is 17.6 Å². The summed E-state index contributed by atoms with van der Waals surface area (Å²) in [6.07, 6.45) is 0. The second-order valence-electron chi connectivity index (χ2n) is 4.47. The lowest BCUT2D eigenvalue weighted by atomic mass is 10.1. The Labute approximate surface area is 126 Å². The Bertz CT molecular complexity index is 713. The van der Waals surface area contributed by atoms with Crippen LogP contribution in [0.15, 0.2) is 66.7 Å². The van der Waals surface area contributed by atoms with Crippen molar-refractivity contribution in [1.29, 1.82) is 0 Å². The van der Waals surface area contributed by atoms with Crippen LogP contribution >= 0.6 is 11.5 Å². The monoisotopic (exact) mass is 293 g/mol. The number of hydrogen-bond acceptors (Lipinski definition) is 4. The summed E-state index contributed by atoms with van der Waals surface area (Å²) in [6, 6.07) is 19.5. The molecule has 1 aromatic heterocycles. The van der Waals surface area contributed by atoms with Crippen molar-refractivity contribution in [3.8, 4) is 0 Å². The third kappa shape index (κ3) is 2.80. The molecule has 0 aliphatic heterocycles. The van der Waals surface area contributed by atoms with Crippen molar-refractivity contribution >= 4 is 23.1 Å². The van der Waals surface area contributed by atoms with Crippen LogP contribution in [0.1, 0.15) is 31.3 Å². The van der Waals surface area contributed by atoms with E-state index in [4.69, 9.17) is 0 Å². The molecule has 3 nitrogen and oxygen atoms in total. The molecule has 21 heavy (non-hydrogen) atoms. The van der Waals surface area contributed by atoms with Crippen LogP contribution in [0.2, 0.25) is 0 Å². The summed E-state index contributed by atoms with van der Waals surface area (Å²) < 4.78 is 4.11. The Kier molecular flexibility index (Phi) is 3.71. The van der Waals surface area contributed by atoms with E-state index in [2.05, 4.69) is 4.37 Å². The maximum atomic E-state index is 12.3. The Balaban J connectivity index is 1.87. The van der Waals surface area contributed by atoms with Crippen LogP contribution in [0.5, 0.6) is 0 Å². The third-order valence-electron chi connectivity index (χ3n) is 3.04. The fourth-order valence-electron chi connectivity index (χ4n) is 1.96. The quantitative estimate of drug-likeness (QED) is 0.690. The highest BCUT2D eigenvalue weighted by atomic mass is 32.1. The number of nitrogens with zero attached hydrogens (tertiary/aromatic N) is 1. The zero-order valence-corrected chi connectivity index (χ0v) is 11.8. The Morgan fingerprint density at radius 2 is 1.29 bits per heavy atom. The molecular weight excluding hydrogens is 282 g/mol. The lowest BCUT2D eigenvalue weighted by molar-refractivity contribution is 0.103. The maximum Gasteiger partial charge on any atom is 0.212 e. The first kappa shape index (κ1) is 13.4. The Morgan fingerprint density at radius 3 is 1.86 bits per heavy atom. The van der Waals surface area contributed by atoms with E-state index in [1.54, 1.807) is 42.5 Å². The average Bonchev–Trinajstić information content (AvgIpc) is 3.05. The van der Waals surface area contributed by atoms with Gasteiger partial charge in [0.25, 0.3) is 0 Å². The van der Waals surface area contributed by atoms with Crippen LogP contribution in [-0.2, 0) is 0 Å². The normalized spacial score (nSPS) is 10.3. The summed E-state index contributed by atoms with van der Waals surface area (Å²) in [7, 11) is 0. The van der Waals surface area contributed by atoms with Crippen LogP contribution < -0.4 is 0 Å². The van der Waals surface area contributed by atoms with Crippen molar-refractivity contribution in [1.82, 2.24) is 4.37 Å². The number of carbonyl (C=O) groups excluding carboxylic acids is 2. The molecule has 0 fully saturated rings. The molecule has 0 saturated heterocycles. The Morgan fingerprint density at radius 1 is 0.762 bits per heavy atom. The average molecular weight is 293 g/mol. The molecule has 0 spiro atoms. The highest BCUT2D eigenvalue weighted by Gasteiger charge is 2.17. The van der Waals surface area contributed by atoms with Crippen molar-refractivity contribution < 1.29 is 9.59 Å². The summed E-state index contributed by atoms with van der Waals surface area (Å²) >= 11 is 1.06. The summed E-state index contributed by atoms with van der Waals surface area (Å²) in [5.74, 6) is -0.279. The molecule has 0 unspecified atom stereocenters. The van der Waals surface area contributed by atoms with E-state index < -0.39 is 0 Å². The number of aromatic nitrogens is 1. The zero-order chi connectivity index (χ0) is 14.7. The molecule has 0 saturated carbocycles. The van der Waals surface area contributed by atoms with Crippen molar-refractivity contribution in [3.63, 3.8) is 0 Å². The summed E-state index contributed by atoms with van der Waals surface area (Å²) in [4.78, 5) is 25.0. The molecular formula is C17H11NO2S. The van der Waals surface area contributed by atoms with E-state index >= 15 is 0 Å². The van der Waals surface area contributed by atoms with Gasteiger partial charge in [-0.2, -0.15) is 4.37 Å². The minimum Gasteiger partial charge on any atom is -0.288 e. The van der Waals surface area contributed by atoms with Gasteiger partial charge in [0, 0.05) is 11.1 Å². The lowest BCUT2D eigenvalue weighted by Crippen LogP contribution is -2.01. The highest BCUT2D eigenvalue weighted by Crippen LogP contribution is 2.18. The maximum absolute atomic E-state index is 12.3. The molecule has 1 heterocycles. The van der Waals surface area contributed by atoms with E-state index in [1.807, 2.05) is 24.3 Å². The number of benzene rings is 2. The molecule has 3 aromatic rings. The Hall–Kier alpha value is -2.59. The fraction of sp³-hybridized carbons (Fsp3) is 0. The zero-order valence-electron chi connectivity index (χ0n) is 11.0. The minimum atomic E-state index is -0.168. The lowest BCUT2D eigenvalue weighted by Gasteiger charge is -1.96. The summed E-state index contributed by atoms with van der Waals surface area (Å²) in [5, 5.41) is 0. The molecule has 0 radical (unpaired) electrons. The summed E-state index contributed by atoms with van der Waals surface area (Å²) in [6.45, 7) is 0. The van der Waals surface area contributed by atoms with E-state index in [1.165, 1.54) is 0 Å². The SMILES string of the molecule is O=C(c1ccccc1)c1cc(C(=O)c2ccccc2)sn1. The third-order valence-corrected chi connectivity index (χ3v) is 3.83. The standard InChI is InChI=1S/C17H11NO2S/c19-16(12-7-3-1-4-8-12)14-11-15(21-18-14)17(20)13-9-5-2-6-10-13/h1-11H. The molecule has 3 rings (SSSR count). The first-order chi connectivity index (χ1) is 10.3.